The highest BCUT2D eigenvalue weighted by atomic mass is 35.5. The van der Waals surface area contributed by atoms with Crippen molar-refractivity contribution in [2.75, 3.05) is 19.0 Å². The van der Waals surface area contributed by atoms with Crippen molar-refractivity contribution in [2.24, 2.45) is 5.92 Å². The number of amides is 1. The van der Waals surface area contributed by atoms with E-state index in [0.29, 0.717) is 39.1 Å². The van der Waals surface area contributed by atoms with Gasteiger partial charge in [0.05, 0.1) is 17.7 Å². The molecule has 34 heavy (non-hydrogen) atoms. The maximum Gasteiger partial charge on any atom is 0.341 e. The van der Waals surface area contributed by atoms with Gasteiger partial charge in [-0.2, -0.15) is 0 Å². The number of benzene rings is 1. The van der Waals surface area contributed by atoms with Gasteiger partial charge in [-0.3, -0.25) is 4.79 Å². The molecule has 2 aromatic heterocycles. The lowest BCUT2D eigenvalue weighted by atomic mass is 9.88. The number of rotatable bonds is 5. The fraction of sp³-hybridized carbons (Fsp3) is 0.400. The molecule has 0 fully saturated rings. The molecule has 1 N–H and O–H groups in total. The number of hydrogen-bond donors (Lipinski definition) is 1. The van der Waals surface area contributed by atoms with Crippen LogP contribution in [0.5, 0.6) is 5.75 Å². The molecular weight excluding hydrogens is 478 g/mol. The maximum absolute atomic E-state index is 12.7. The Kier molecular flexibility index (Phi) is 6.12. The highest BCUT2D eigenvalue weighted by Gasteiger charge is 2.29. The van der Waals surface area contributed by atoms with Gasteiger partial charge in [0.25, 0.3) is 5.91 Å². The van der Waals surface area contributed by atoms with Crippen LogP contribution in [-0.4, -0.2) is 25.6 Å². The molecule has 5 rings (SSSR count). The molecular formula is C25H24ClNO6S. The topological polar surface area (TPSA) is 94.8 Å². The van der Waals surface area contributed by atoms with Crippen LogP contribution in [0, 0.1) is 5.92 Å². The Morgan fingerprint density at radius 2 is 2.00 bits per heavy atom. The standard InChI is InChI=1S/C25H24ClNO6S/c1-12-6-7-15-20(8-12)34-23(22(15)25(30)31-2)27-21(28)11-32-19-10-18-16(9-17(19)26)13-4-3-5-14(13)24(29)33-18/h9-10,12H,3-8,11H2,1-2H3,(H,27,28). The second-order valence-corrected chi connectivity index (χ2v) is 10.4. The number of halogens is 1. The SMILES string of the molecule is COC(=O)c1c(NC(=O)COc2cc3oc(=O)c4c(c3cc2Cl)CCC4)sc2c1CCC(C)C2. The van der Waals surface area contributed by atoms with Crippen molar-refractivity contribution in [2.45, 2.75) is 45.4 Å². The molecule has 0 saturated carbocycles. The van der Waals surface area contributed by atoms with Crippen LogP contribution in [0.3, 0.4) is 0 Å². The Balaban J connectivity index is 1.35. The minimum atomic E-state index is -0.455. The van der Waals surface area contributed by atoms with Gasteiger partial charge in [0, 0.05) is 21.9 Å². The number of methoxy groups -OCH3 is 1. The summed E-state index contributed by atoms with van der Waals surface area (Å²) in [5.74, 6) is -0.107. The molecule has 1 amide bonds. The minimum Gasteiger partial charge on any atom is -0.482 e. The Hall–Kier alpha value is -2.84. The Labute approximate surface area is 205 Å². The molecule has 9 heteroatoms. The van der Waals surface area contributed by atoms with E-state index in [9.17, 15) is 14.4 Å². The predicted octanol–water partition coefficient (Wildman–Crippen LogP) is 4.93. The van der Waals surface area contributed by atoms with Crippen molar-refractivity contribution in [1.29, 1.82) is 0 Å². The van der Waals surface area contributed by atoms with E-state index in [2.05, 4.69) is 12.2 Å². The molecule has 7 nitrogen and oxygen atoms in total. The number of thiophene rings is 1. The van der Waals surface area contributed by atoms with Crippen molar-refractivity contribution < 1.29 is 23.5 Å². The van der Waals surface area contributed by atoms with Gasteiger partial charge in [-0.1, -0.05) is 18.5 Å². The fourth-order valence-electron chi connectivity index (χ4n) is 4.86. The number of carbonyl (C=O) groups is 2. The van der Waals surface area contributed by atoms with Gasteiger partial charge >= 0.3 is 11.6 Å². The first kappa shape index (κ1) is 22.9. The van der Waals surface area contributed by atoms with E-state index in [1.54, 1.807) is 12.1 Å². The van der Waals surface area contributed by atoms with Gasteiger partial charge in [0.1, 0.15) is 16.3 Å². The van der Waals surface area contributed by atoms with Gasteiger partial charge < -0.3 is 19.2 Å². The number of nitrogens with one attached hydrogen (secondary N) is 1. The van der Waals surface area contributed by atoms with Crippen LogP contribution in [0.2, 0.25) is 5.02 Å². The summed E-state index contributed by atoms with van der Waals surface area (Å²) in [5.41, 5.74) is 3.14. The lowest BCUT2D eigenvalue weighted by Gasteiger charge is -2.18. The molecule has 1 unspecified atom stereocenters. The first-order valence-corrected chi connectivity index (χ1v) is 12.5. The van der Waals surface area contributed by atoms with Gasteiger partial charge in [0.15, 0.2) is 6.61 Å². The molecule has 2 aliphatic carbocycles. The molecule has 178 valence electrons. The van der Waals surface area contributed by atoms with E-state index >= 15 is 0 Å². The molecule has 0 saturated heterocycles. The van der Waals surface area contributed by atoms with E-state index in [4.69, 9.17) is 25.5 Å². The summed E-state index contributed by atoms with van der Waals surface area (Å²) >= 11 is 7.83. The van der Waals surface area contributed by atoms with Gasteiger partial charge in [-0.05, 0) is 61.6 Å². The largest absolute Gasteiger partial charge is 0.482 e. The van der Waals surface area contributed by atoms with E-state index < -0.39 is 11.9 Å². The fourth-order valence-corrected chi connectivity index (χ4v) is 6.49. The van der Waals surface area contributed by atoms with Crippen molar-refractivity contribution in [3.63, 3.8) is 0 Å². The lowest BCUT2D eigenvalue weighted by molar-refractivity contribution is -0.118. The average molecular weight is 502 g/mol. The minimum absolute atomic E-state index is 0.248. The number of ether oxygens (including phenoxy) is 2. The van der Waals surface area contributed by atoms with E-state index in [-0.39, 0.29) is 18.0 Å². The summed E-state index contributed by atoms with van der Waals surface area (Å²) in [6, 6.07) is 3.27. The van der Waals surface area contributed by atoms with Crippen LogP contribution in [0.25, 0.3) is 11.0 Å². The van der Waals surface area contributed by atoms with Crippen LogP contribution in [0.4, 0.5) is 5.00 Å². The highest BCUT2D eigenvalue weighted by Crippen LogP contribution is 2.40. The third-order valence-electron chi connectivity index (χ3n) is 6.54. The maximum atomic E-state index is 12.7. The zero-order chi connectivity index (χ0) is 24.0. The van der Waals surface area contributed by atoms with Crippen LogP contribution < -0.4 is 15.7 Å². The summed E-state index contributed by atoms with van der Waals surface area (Å²) in [5, 5.41) is 4.42. The first-order valence-electron chi connectivity index (χ1n) is 11.3. The second-order valence-electron chi connectivity index (χ2n) is 8.86. The Bertz CT molecular complexity index is 1370. The molecule has 2 aliphatic rings. The van der Waals surface area contributed by atoms with E-state index in [0.717, 1.165) is 53.5 Å². The van der Waals surface area contributed by atoms with Crippen molar-refractivity contribution in [3.8, 4) is 5.75 Å². The Morgan fingerprint density at radius 1 is 1.21 bits per heavy atom. The van der Waals surface area contributed by atoms with Crippen LogP contribution in [-0.2, 0) is 35.2 Å². The summed E-state index contributed by atoms with van der Waals surface area (Å²) in [6.07, 6.45) is 5.08. The van der Waals surface area contributed by atoms with Gasteiger partial charge in [0.2, 0.25) is 0 Å². The third-order valence-corrected chi connectivity index (χ3v) is 8.00. The zero-order valence-electron chi connectivity index (χ0n) is 18.9. The predicted molar refractivity (Wildman–Crippen MR) is 130 cm³/mol. The van der Waals surface area contributed by atoms with Crippen LogP contribution >= 0.6 is 22.9 Å². The first-order chi connectivity index (χ1) is 16.4. The number of carbonyl (C=O) groups excluding carboxylic acids is 2. The third kappa shape index (κ3) is 4.09. The molecule has 0 spiro atoms. The number of fused-ring (bicyclic) bond motifs is 4. The molecule has 2 heterocycles. The zero-order valence-corrected chi connectivity index (χ0v) is 20.5. The lowest BCUT2D eigenvalue weighted by Crippen LogP contribution is -2.21. The summed E-state index contributed by atoms with van der Waals surface area (Å²) in [4.78, 5) is 38.5. The van der Waals surface area contributed by atoms with Crippen molar-refractivity contribution in [3.05, 3.63) is 54.7 Å². The van der Waals surface area contributed by atoms with Gasteiger partial charge in [-0.25, -0.2) is 9.59 Å². The molecule has 0 aliphatic heterocycles. The summed E-state index contributed by atoms with van der Waals surface area (Å²) in [6.45, 7) is 1.86. The molecule has 0 bridgehead atoms. The van der Waals surface area contributed by atoms with Gasteiger partial charge in [-0.15, -0.1) is 11.3 Å². The second kappa shape index (κ2) is 9.07. The van der Waals surface area contributed by atoms with Crippen molar-refractivity contribution >= 4 is 50.8 Å². The number of esters is 1. The summed E-state index contributed by atoms with van der Waals surface area (Å²) < 4.78 is 16.1. The smallest absolute Gasteiger partial charge is 0.341 e. The van der Waals surface area contributed by atoms with Crippen LogP contribution in [0.1, 0.15) is 51.7 Å². The normalized spacial score (nSPS) is 16.7. The number of hydrogen-bond acceptors (Lipinski definition) is 7. The van der Waals surface area contributed by atoms with E-state index in [1.807, 2.05) is 0 Å². The monoisotopic (exact) mass is 501 g/mol. The summed E-state index contributed by atoms with van der Waals surface area (Å²) in [7, 11) is 1.34. The van der Waals surface area contributed by atoms with E-state index in [1.165, 1.54) is 18.4 Å². The number of anilines is 1. The molecule has 3 aromatic rings. The Morgan fingerprint density at radius 3 is 2.79 bits per heavy atom. The highest BCUT2D eigenvalue weighted by molar-refractivity contribution is 7.17. The van der Waals surface area contributed by atoms with Crippen molar-refractivity contribution in [1.82, 2.24) is 0 Å². The quantitative estimate of drug-likeness (QED) is 0.393. The average Bonchev–Trinajstić information content (AvgIpc) is 3.43. The molecule has 1 aromatic carbocycles. The molecule has 0 radical (unpaired) electrons. The van der Waals surface area contributed by atoms with Crippen LogP contribution in [0.15, 0.2) is 21.3 Å². The molecule has 1 atom stereocenters. The number of aryl methyl sites for hydroxylation is 1.